The summed E-state index contributed by atoms with van der Waals surface area (Å²) in [5.41, 5.74) is 2.00. The van der Waals surface area contributed by atoms with Gasteiger partial charge in [-0.1, -0.05) is 24.6 Å². The lowest BCUT2D eigenvalue weighted by molar-refractivity contribution is 0.267. The van der Waals surface area contributed by atoms with Crippen molar-refractivity contribution >= 4 is 22.5 Å². The molecule has 0 aliphatic carbocycles. The summed E-state index contributed by atoms with van der Waals surface area (Å²) >= 11 is 6.18. The topological polar surface area (TPSA) is 45.1 Å². The predicted molar refractivity (Wildman–Crippen MR) is 74.9 cm³/mol. The zero-order chi connectivity index (χ0) is 13.0. The molecule has 1 atom stereocenters. The van der Waals surface area contributed by atoms with Gasteiger partial charge in [-0.3, -0.25) is 4.98 Å². The van der Waals surface area contributed by atoms with E-state index in [2.05, 4.69) is 17.2 Å². The van der Waals surface area contributed by atoms with E-state index in [-0.39, 0.29) is 12.6 Å². The number of halogens is 1. The van der Waals surface area contributed by atoms with Gasteiger partial charge in [0.15, 0.2) is 0 Å². The molecule has 0 fully saturated rings. The summed E-state index contributed by atoms with van der Waals surface area (Å²) in [5, 5.41) is 14.2. The first-order valence-electron chi connectivity index (χ1n) is 6.15. The average Bonchev–Trinajstić information content (AvgIpc) is 2.39. The Balaban J connectivity index is 2.52. The van der Waals surface area contributed by atoms with Crippen LogP contribution in [0.2, 0.25) is 5.02 Å². The van der Waals surface area contributed by atoms with Gasteiger partial charge in [0.1, 0.15) is 0 Å². The molecule has 3 nitrogen and oxygen atoms in total. The monoisotopic (exact) mass is 264 g/mol. The van der Waals surface area contributed by atoms with Crippen LogP contribution in [0.1, 0.15) is 24.9 Å². The van der Waals surface area contributed by atoms with Crippen LogP contribution in [0, 0.1) is 0 Å². The normalized spacial score (nSPS) is 12.8. The summed E-state index contributed by atoms with van der Waals surface area (Å²) in [5.74, 6) is 0. The van der Waals surface area contributed by atoms with Crippen LogP contribution in [-0.4, -0.2) is 23.2 Å². The third-order valence-electron chi connectivity index (χ3n) is 2.99. The number of hydrogen-bond acceptors (Lipinski definition) is 3. The maximum Gasteiger partial charge on any atom is 0.0764 e. The minimum Gasteiger partial charge on any atom is -0.396 e. The highest BCUT2D eigenvalue weighted by Gasteiger charge is 2.14. The number of hydrogen-bond donors (Lipinski definition) is 2. The molecule has 1 unspecified atom stereocenters. The van der Waals surface area contributed by atoms with Crippen molar-refractivity contribution in [2.45, 2.75) is 19.4 Å². The molecule has 1 aromatic carbocycles. The van der Waals surface area contributed by atoms with Gasteiger partial charge in [-0.05, 0) is 36.7 Å². The number of aliphatic hydroxyl groups is 1. The van der Waals surface area contributed by atoms with E-state index < -0.39 is 0 Å². The molecule has 2 aromatic rings. The van der Waals surface area contributed by atoms with Crippen molar-refractivity contribution in [2.24, 2.45) is 0 Å². The molecule has 4 heteroatoms. The van der Waals surface area contributed by atoms with Crippen LogP contribution < -0.4 is 5.32 Å². The Kier molecular flexibility index (Phi) is 4.53. The first-order chi connectivity index (χ1) is 8.77. The second kappa shape index (κ2) is 6.14. The molecule has 2 N–H and O–H groups in total. The second-order valence-electron chi connectivity index (χ2n) is 4.16. The van der Waals surface area contributed by atoms with Crippen molar-refractivity contribution in [1.82, 2.24) is 10.3 Å². The summed E-state index contributed by atoms with van der Waals surface area (Å²) in [6, 6.07) is 7.83. The van der Waals surface area contributed by atoms with Crippen LogP contribution in [0.5, 0.6) is 0 Å². The highest BCUT2D eigenvalue weighted by molar-refractivity contribution is 6.35. The maximum atomic E-state index is 9.16. The van der Waals surface area contributed by atoms with Crippen LogP contribution in [0.4, 0.5) is 0 Å². The minimum absolute atomic E-state index is 0.106. The van der Waals surface area contributed by atoms with Gasteiger partial charge in [-0.25, -0.2) is 0 Å². The molecule has 0 spiro atoms. The molecule has 1 heterocycles. The highest BCUT2D eigenvalue weighted by Crippen LogP contribution is 2.29. The van der Waals surface area contributed by atoms with Crippen LogP contribution in [0.15, 0.2) is 30.5 Å². The van der Waals surface area contributed by atoms with Gasteiger partial charge in [-0.2, -0.15) is 0 Å². The van der Waals surface area contributed by atoms with Crippen molar-refractivity contribution in [2.75, 3.05) is 13.2 Å². The van der Waals surface area contributed by atoms with E-state index in [4.69, 9.17) is 16.7 Å². The van der Waals surface area contributed by atoms with E-state index in [9.17, 15) is 0 Å². The number of aromatic nitrogens is 1. The van der Waals surface area contributed by atoms with Crippen molar-refractivity contribution < 1.29 is 5.11 Å². The predicted octanol–water partition coefficient (Wildman–Crippen LogP) is 2.92. The number of nitrogens with one attached hydrogen (secondary N) is 1. The van der Waals surface area contributed by atoms with E-state index in [1.54, 1.807) is 6.20 Å². The highest BCUT2D eigenvalue weighted by atomic mass is 35.5. The Bertz CT molecular complexity index is 524. The Labute approximate surface area is 112 Å². The van der Waals surface area contributed by atoms with E-state index in [1.807, 2.05) is 24.3 Å². The zero-order valence-electron chi connectivity index (χ0n) is 10.4. The van der Waals surface area contributed by atoms with Crippen LogP contribution in [-0.2, 0) is 0 Å². The summed E-state index contributed by atoms with van der Waals surface area (Å²) in [4.78, 5) is 4.42. The molecule has 0 amide bonds. The van der Waals surface area contributed by atoms with Gasteiger partial charge in [0.05, 0.1) is 5.52 Å². The fourth-order valence-electron chi connectivity index (χ4n) is 2.18. The van der Waals surface area contributed by atoms with Gasteiger partial charge >= 0.3 is 0 Å². The van der Waals surface area contributed by atoms with Gasteiger partial charge in [0, 0.05) is 29.3 Å². The smallest absolute Gasteiger partial charge is 0.0764 e. The van der Waals surface area contributed by atoms with Gasteiger partial charge < -0.3 is 10.4 Å². The first kappa shape index (κ1) is 13.3. The lowest BCUT2D eigenvalue weighted by atomic mass is 10.0. The van der Waals surface area contributed by atoms with Crippen molar-refractivity contribution in [3.63, 3.8) is 0 Å². The fraction of sp³-hybridized carbons (Fsp3) is 0.357. The van der Waals surface area contributed by atoms with Crippen LogP contribution in [0.25, 0.3) is 10.9 Å². The lowest BCUT2D eigenvalue weighted by Gasteiger charge is -2.19. The van der Waals surface area contributed by atoms with Crippen molar-refractivity contribution in [3.05, 3.63) is 41.0 Å². The standard InChI is InChI=1S/C14H17ClN2O/c1-2-16-13(7-9-18)11-5-6-12(15)10-4-3-8-17-14(10)11/h3-6,8,13,16,18H,2,7,9H2,1H3. The Morgan fingerprint density at radius 1 is 1.39 bits per heavy atom. The molecule has 0 radical (unpaired) electrons. The Hall–Kier alpha value is -1.16. The van der Waals surface area contributed by atoms with E-state index in [1.165, 1.54) is 0 Å². The van der Waals surface area contributed by atoms with Crippen LogP contribution in [0.3, 0.4) is 0 Å². The minimum atomic E-state index is 0.106. The molecule has 0 aliphatic rings. The SMILES string of the molecule is CCNC(CCO)c1ccc(Cl)c2cccnc12. The number of pyridine rings is 1. The zero-order valence-corrected chi connectivity index (χ0v) is 11.1. The molecule has 0 bridgehead atoms. The Morgan fingerprint density at radius 2 is 2.22 bits per heavy atom. The quantitative estimate of drug-likeness (QED) is 0.873. The molecule has 2 rings (SSSR count). The molecular formula is C14H17ClN2O. The average molecular weight is 265 g/mol. The molecule has 18 heavy (non-hydrogen) atoms. The number of benzene rings is 1. The van der Waals surface area contributed by atoms with Gasteiger partial charge in [0.25, 0.3) is 0 Å². The second-order valence-corrected chi connectivity index (χ2v) is 4.57. The summed E-state index contributed by atoms with van der Waals surface area (Å²) in [6.07, 6.45) is 2.44. The molecule has 96 valence electrons. The number of fused-ring (bicyclic) bond motifs is 1. The number of nitrogens with zero attached hydrogens (tertiary/aromatic N) is 1. The van der Waals surface area contributed by atoms with Gasteiger partial charge in [-0.15, -0.1) is 0 Å². The number of rotatable bonds is 5. The lowest BCUT2D eigenvalue weighted by Crippen LogP contribution is -2.22. The fourth-order valence-corrected chi connectivity index (χ4v) is 2.40. The molecular weight excluding hydrogens is 248 g/mol. The molecule has 0 saturated heterocycles. The maximum absolute atomic E-state index is 9.16. The van der Waals surface area contributed by atoms with Crippen molar-refractivity contribution in [3.8, 4) is 0 Å². The summed E-state index contributed by atoms with van der Waals surface area (Å²) in [6.45, 7) is 3.05. The molecule has 0 aliphatic heterocycles. The van der Waals surface area contributed by atoms with Crippen molar-refractivity contribution in [1.29, 1.82) is 0 Å². The summed E-state index contributed by atoms with van der Waals surface area (Å²) in [7, 11) is 0. The van der Waals surface area contributed by atoms with Gasteiger partial charge in [0.2, 0.25) is 0 Å². The Morgan fingerprint density at radius 3 is 2.94 bits per heavy atom. The van der Waals surface area contributed by atoms with E-state index >= 15 is 0 Å². The largest absolute Gasteiger partial charge is 0.396 e. The first-order valence-corrected chi connectivity index (χ1v) is 6.53. The third kappa shape index (κ3) is 2.64. The number of aliphatic hydroxyl groups excluding tert-OH is 1. The van der Waals surface area contributed by atoms with E-state index in [0.29, 0.717) is 11.4 Å². The molecule has 0 saturated carbocycles. The summed E-state index contributed by atoms with van der Waals surface area (Å²) < 4.78 is 0. The molecule has 1 aromatic heterocycles. The van der Waals surface area contributed by atoms with Crippen LogP contribution >= 0.6 is 11.6 Å². The van der Waals surface area contributed by atoms with E-state index in [0.717, 1.165) is 23.0 Å². The third-order valence-corrected chi connectivity index (χ3v) is 3.32.